The standard InChI is InChI=1S/C19H23N3O5S2/c1-12-5-7-28-16(12)4-6-20-18(23)10-22(3)29(25,26)17-9-15-14(8-13(17)2)21-19(24)11-27-15/h5,7-9H,4,6,10-11H2,1-3H3,(H,20,23)(H,21,24). The van der Waals surface area contributed by atoms with Gasteiger partial charge in [0.15, 0.2) is 6.61 Å². The maximum absolute atomic E-state index is 12.9. The molecule has 2 aromatic rings. The van der Waals surface area contributed by atoms with Gasteiger partial charge in [0.25, 0.3) is 5.91 Å². The summed E-state index contributed by atoms with van der Waals surface area (Å²) in [6.45, 7) is 3.63. The lowest BCUT2D eigenvalue weighted by atomic mass is 10.2. The van der Waals surface area contributed by atoms with E-state index in [0.717, 1.165) is 4.31 Å². The Morgan fingerprint density at radius 2 is 2.07 bits per heavy atom. The van der Waals surface area contributed by atoms with E-state index < -0.39 is 10.0 Å². The second-order valence-corrected chi connectivity index (χ2v) is 9.85. The molecular formula is C19H23N3O5S2. The van der Waals surface area contributed by atoms with Gasteiger partial charge in [0.05, 0.1) is 17.1 Å². The number of fused-ring (bicyclic) bond motifs is 1. The van der Waals surface area contributed by atoms with E-state index in [2.05, 4.69) is 10.6 Å². The normalized spacial score (nSPS) is 13.6. The minimum atomic E-state index is -3.90. The summed E-state index contributed by atoms with van der Waals surface area (Å²) in [5.74, 6) is -0.374. The highest BCUT2D eigenvalue weighted by Crippen LogP contribution is 2.33. The molecule has 1 aliphatic heterocycles. The zero-order chi connectivity index (χ0) is 21.2. The molecule has 1 aromatic heterocycles. The number of rotatable bonds is 7. The molecular weight excluding hydrogens is 414 g/mol. The lowest BCUT2D eigenvalue weighted by Crippen LogP contribution is -2.39. The van der Waals surface area contributed by atoms with Crippen molar-refractivity contribution >= 4 is 38.9 Å². The summed E-state index contributed by atoms with van der Waals surface area (Å²) in [6, 6.07) is 4.96. The van der Waals surface area contributed by atoms with Crippen LogP contribution in [0.25, 0.3) is 0 Å². The van der Waals surface area contributed by atoms with Gasteiger partial charge in [0.1, 0.15) is 5.75 Å². The summed E-state index contributed by atoms with van der Waals surface area (Å²) in [5.41, 5.74) is 2.07. The van der Waals surface area contributed by atoms with Crippen LogP contribution in [0.4, 0.5) is 5.69 Å². The number of thiophene rings is 1. The zero-order valence-corrected chi connectivity index (χ0v) is 18.1. The van der Waals surface area contributed by atoms with Crippen LogP contribution in [0.3, 0.4) is 0 Å². The molecule has 2 N–H and O–H groups in total. The molecule has 2 amide bonds. The molecule has 3 rings (SSSR count). The summed E-state index contributed by atoms with van der Waals surface area (Å²) in [4.78, 5) is 24.9. The lowest BCUT2D eigenvalue weighted by Gasteiger charge is -2.22. The molecule has 1 aliphatic rings. The number of carbonyl (C=O) groups is 2. The third-order valence-corrected chi connectivity index (χ3v) is 7.64. The molecule has 8 nitrogen and oxygen atoms in total. The van der Waals surface area contributed by atoms with Crippen molar-refractivity contribution in [2.45, 2.75) is 25.2 Å². The quantitative estimate of drug-likeness (QED) is 0.686. The van der Waals surface area contributed by atoms with Gasteiger partial charge >= 0.3 is 0 Å². The number of benzene rings is 1. The van der Waals surface area contributed by atoms with Crippen LogP contribution in [0, 0.1) is 13.8 Å². The van der Waals surface area contributed by atoms with Gasteiger partial charge in [-0.3, -0.25) is 9.59 Å². The molecule has 0 radical (unpaired) electrons. The minimum Gasteiger partial charge on any atom is -0.482 e. The first-order chi connectivity index (χ1) is 13.7. The van der Waals surface area contributed by atoms with Crippen molar-refractivity contribution in [1.29, 1.82) is 0 Å². The number of likely N-dealkylation sites (N-methyl/N-ethyl adjacent to an activating group) is 1. The van der Waals surface area contributed by atoms with Gasteiger partial charge in [-0.05, 0) is 48.9 Å². The van der Waals surface area contributed by atoms with Crippen LogP contribution in [0.1, 0.15) is 16.0 Å². The molecule has 0 fully saturated rings. The number of nitrogens with one attached hydrogen (secondary N) is 2. The average Bonchev–Trinajstić information content (AvgIpc) is 3.05. The van der Waals surface area contributed by atoms with Crippen molar-refractivity contribution < 1.29 is 22.7 Å². The number of carbonyl (C=O) groups excluding carboxylic acids is 2. The average molecular weight is 438 g/mol. The highest BCUT2D eigenvalue weighted by molar-refractivity contribution is 7.89. The predicted molar refractivity (Wildman–Crippen MR) is 111 cm³/mol. The Hall–Kier alpha value is -2.43. The number of ether oxygens (including phenoxy) is 1. The Bertz CT molecular complexity index is 1050. The molecule has 1 aromatic carbocycles. The van der Waals surface area contributed by atoms with Crippen LogP contribution in [0.5, 0.6) is 5.75 Å². The highest BCUT2D eigenvalue weighted by atomic mass is 32.2. The Balaban J connectivity index is 1.65. The van der Waals surface area contributed by atoms with Crippen LogP contribution < -0.4 is 15.4 Å². The number of hydrogen-bond acceptors (Lipinski definition) is 6. The molecule has 0 saturated carbocycles. The van der Waals surface area contributed by atoms with Crippen LogP contribution >= 0.6 is 11.3 Å². The maximum Gasteiger partial charge on any atom is 0.262 e. The molecule has 2 heterocycles. The van der Waals surface area contributed by atoms with Crippen LogP contribution in [-0.4, -0.2) is 51.3 Å². The van der Waals surface area contributed by atoms with E-state index in [1.165, 1.54) is 23.6 Å². The minimum absolute atomic E-state index is 0.0388. The predicted octanol–water partition coefficient (Wildman–Crippen LogP) is 1.68. The molecule has 0 atom stereocenters. The van der Waals surface area contributed by atoms with E-state index in [0.29, 0.717) is 24.2 Å². The summed E-state index contributed by atoms with van der Waals surface area (Å²) in [5, 5.41) is 7.41. The van der Waals surface area contributed by atoms with E-state index in [4.69, 9.17) is 4.74 Å². The van der Waals surface area contributed by atoms with E-state index in [-0.39, 0.29) is 35.6 Å². The van der Waals surface area contributed by atoms with E-state index in [1.54, 1.807) is 24.3 Å². The van der Waals surface area contributed by atoms with Gasteiger partial charge in [-0.1, -0.05) is 0 Å². The fraction of sp³-hybridized carbons (Fsp3) is 0.368. The van der Waals surface area contributed by atoms with Crippen LogP contribution in [-0.2, 0) is 26.0 Å². The first-order valence-corrected chi connectivity index (χ1v) is 11.3. The fourth-order valence-corrected chi connectivity index (χ4v) is 5.24. The molecule has 0 spiro atoms. The summed E-state index contributed by atoms with van der Waals surface area (Å²) < 4.78 is 32.2. The van der Waals surface area contributed by atoms with E-state index in [1.807, 2.05) is 18.4 Å². The van der Waals surface area contributed by atoms with E-state index in [9.17, 15) is 18.0 Å². The van der Waals surface area contributed by atoms with Gasteiger partial charge in [0.2, 0.25) is 15.9 Å². The third-order valence-electron chi connectivity index (χ3n) is 4.61. The Morgan fingerprint density at radius 3 is 2.76 bits per heavy atom. The highest BCUT2D eigenvalue weighted by Gasteiger charge is 2.28. The van der Waals surface area contributed by atoms with Gasteiger partial charge in [-0.2, -0.15) is 4.31 Å². The van der Waals surface area contributed by atoms with Crippen LogP contribution in [0.2, 0.25) is 0 Å². The van der Waals surface area contributed by atoms with Gasteiger partial charge in [-0.25, -0.2) is 8.42 Å². The number of aryl methyl sites for hydroxylation is 2. The Labute approximate surface area is 173 Å². The second-order valence-electron chi connectivity index (χ2n) is 6.84. The Kier molecular flexibility index (Phi) is 6.25. The van der Waals surface area contributed by atoms with Crippen molar-refractivity contribution in [2.75, 3.05) is 32.1 Å². The van der Waals surface area contributed by atoms with Gasteiger partial charge in [-0.15, -0.1) is 11.3 Å². The fourth-order valence-electron chi connectivity index (χ4n) is 2.98. The number of sulfonamides is 1. The Morgan fingerprint density at radius 1 is 1.31 bits per heavy atom. The third kappa shape index (κ3) is 4.77. The number of hydrogen-bond donors (Lipinski definition) is 2. The van der Waals surface area contributed by atoms with Crippen molar-refractivity contribution in [3.05, 3.63) is 39.6 Å². The molecule has 29 heavy (non-hydrogen) atoms. The summed E-state index contributed by atoms with van der Waals surface area (Å²) in [6.07, 6.45) is 0.707. The number of amides is 2. The molecule has 0 bridgehead atoms. The topological polar surface area (TPSA) is 105 Å². The molecule has 0 aliphatic carbocycles. The monoisotopic (exact) mass is 437 g/mol. The SMILES string of the molecule is Cc1cc2c(cc1S(=O)(=O)N(C)CC(=O)NCCc1sccc1C)OCC(=O)N2. The lowest BCUT2D eigenvalue weighted by molar-refractivity contribution is -0.121. The smallest absolute Gasteiger partial charge is 0.262 e. The summed E-state index contributed by atoms with van der Waals surface area (Å²) >= 11 is 1.63. The molecule has 0 saturated heterocycles. The first kappa shape index (κ1) is 21.3. The maximum atomic E-state index is 12.9. The number of anilines is 1. The first-order valence-electron chi connectivity index (χ1n) is 9.02. The van der Waals surface area contributed by atoms with Crippen molar-refractivity contribution in [2.24, 2.45) is 0 Å². The van der Waals surface area contributed by atoms with E-state index >= 15 is 0 Å². The molecule has 156 valence electrons. The summed E-state index contributed by atoms with van der Waals surface area (Å²) in [7, 11) is -2.54. The zero-order valence-electron chi connectivity index (χ0n) is 16.4. The van der Waals surface area contributed by atoms with Gasteiger partial charge < -0.3 is 15.4 Å². The van der Waals surface area contributed by atoms with Crippen molar-refractivity contribution in [3.63, 3.8) is 0 Å². The second kappa shape index (κ2) is 8.52. The largest absolute Gasteiger partial charge is 0.482 e. The van der Waals surface area contributed by atoms with Gasteiger partial charge in [0, 0.05) is 24.5 Å². The van der Waals surface area contributed by atoms with Crippen molar-refractivity contribution in [1.82, 2.24) is 9.62 Å². The van der Waals surface area contributed by atoms with Crippen LogP contribution in [0.15, 0.2) is 28.5 Å². The molecule has 10 heteroatoms. The number of nitrogens with zero attached hydrogens (tertiary/aromatic N) is 1. The van der Waals surface area contributed by atoms with Crippen molar-refractivity contribution in [3.8, 4) is 5.75 Å². The molecule has 0 unspecified atom stereocenters.